The van der Waals surface area contributed by atoms with Crippen LogP contribution in [-0.4, -0.2) is 13.2 Å². The fourth-order valence-electron chi connectivity index (χ4n) is 2.26. The summed E-state index contributed by atoms with van der Waals surface area (Å²) >= 11 is 1.76. The van der Waals surface area contributed by atoms with Gasteiger partial charge in [0.05, 0.1) is 7.11 Å². The summed E-state index contributed by atoms with van der Waals surface area (Å²) in [7, 11) is 1.70. The van der Waals surface area contributed by atoms with E-state index in [2.05, 4.69) is 48.1 Å². The van der Waals surface area contributed by atoms with Gasteiger partial charge in [0.15, 0.2) is 0 Å². The Morgan fingerprint density at radius 2 is 2.11 bits per heavy atom. The van der Waals surface area contributed by atoms with E-state index in [1.807, 2.05) is 12.1 Å². The lowest BCUT2D eigenvalue weighted by Gasteiger charge is -2.20. The van der Waals surface area contributed by atoms with Gasteiger partial charge in [-0.25, -0.2) is 0 Å². The molecule has 0 aliphatic rings. The van der Waals surface area contributed by atoms with Crippen LogP contribution in [0.15, 0.2) is 41.1 Å². The van der Waals surface area contributed by atoms with Crippen LogP contribution >= 0.6 is 11.3 Å². The van der Waals surface area contributed by atoms with Crippen molar-refractivity contribution < 1.29 is 4.74 Å². The maximum absolute atomic E-state index is 5.27. The topological polar surface area (TPSA) is 21.3 Å². The van der Waals surface area contributed by atoms with Crippen LogP contribution in [0.25, 0.3) is 0 Å². The van der Waals surface area contributed by atoms with Crippen LogP contribution < -0.4 is 10.1 Å². The van der Waals surface area contributed by atoms with E-state index >= 15 is 0 Å². The summed E-state index contributed by atoms with van der Waals surface area (Å²) in [5, 5.41) is 7.98. The minimum absolute atomic E-state index is 0.323. The molecule has 0 aliphatic carbocycles. The third-order valence-electron chi connectivity index (χ3n) is 3.25. The van der Waals surface area contributed by atoms with Crippen molar-refractivity contribution in [1.29, 1.82) is 0 Å². The molecule has 1 heterocycles. The summed E-state index contributed by atoms with van der Waals surface area (Å²) in [5.74, 6) is 0.914. The van der Waals surface area contributed by atoms with Gasteiger partial charge in [-0.1, -0.05) is 12.1 Å². The van der Waals surface area contributed by atoms with Crippen molar-refractivity contribution in [2.45, 2.75) is 32.4 Å². The van der Waals surface area contributed by atoms with E-state index in [0.717, 1.165) is 12.2 Å². The largest absolute Gasteiger partial charge is 0.497 e. The highest BCUT2D eigenvalue weighted by Gasteiger charge is 2.10. The Hall–Kier alpha value is -1.32. The highest BCUT2D eigenvalue weighted by atomic mass is 32.1. The molecule has 0 bridgehead atoms. The summed E-state index contributed by atoms with van der Waals surface area (Å²) in [6.07, 6.45) is 1.07. The highest BCUT2D eigenvalue weighted by molar-refractivity contribution is 7.07. The van der Waals surface area contributed by atoms with Crippen molar-refractivity contribution in [1.82, 2.24) is 5.32 Å². The Morgan fingerprint density at radius 1 is 1.26 bits per heavy atom. The van der Waals surface area contributed by atoms with E-state index in [1.165, 1.54) is 11.1 Å². The first kappa shape index (κ1) is 14.1. The lowest BCUT2D eigenvalue weighted by molar-refractivity contribution is 0.412. The van der Waals surface area contributed by atoms with E-state index in [-0.39, 0.29) is 0 Å². The Kier molecular flexibility index (Phi) is 5.00. The molecule has 0 saturated heterocycles. The molecule has 2 rings (SSSR count). The second-order valence-electron chi connectivity index (χ2n) is 4.90. The molecule has 2 aromatic rings. The molecule has 19 heavy (non-hydrogen) atoms. The van der Waals surface area contributed by atoms with Gasteiger partial charge in [0.25, 0.3) is 0 Å². The molecular formula is C16H21NOS. The van der Waals surface area contributed by atoms with Crippen LogP contribution in [0.4, 0.5) is 0 Å². The Bertz CT molecular complexity index is 495. The second-order valence-corrected chi connectivity index (χ2v) is 5.68. The maximum atomic E-state index is 5.27. The van der Waals surface area contributed by atoms with E-state index in [9.17, 15) is 0 Å². The van der Waals surface area contributed by atoms with Crippen molar-refractivity contribution in [3.05, 3.63) is 52.2 Å². The maximum Gasteiger partial charge on any atom is 0.119 e. The zero-order chi connectivity index (χ0) is 13.7. The van der Waals surface area contributed by atoms with Crippen molar-refractivity contribution >= 4 is 11.3 Å². The molecule has 2 unspecified atom stereocenters. The van der Waals surface area contributed by atoms with Gasteiger partial charge in [-0.15, -0.1) is 0 Å². The number of nitrogens with one attached hydrogen (secondary N) is 1. The van der Waals surface area contributed by atoms with Crippen LogP contribution in [0.5, 0.6) is 5.75 Å². The summed E-state index contributed by atoms with van der Waals surface area (Å²) in [6.45, 7) is 4.42. The van der Waals surface area contributed by atoms with Crippen LogP contribution in [0.1, 0.15) is 31.0 Å². The Balaban J connectivity index is 1.94. The fourth-order valence-corrected chi connectivity index (χ4v) is 2.94. The van der Waals surface area contributed by atoms with E-state index in [0.29, 0.717) is 12.1 Å². The molecule has 0 saturated carbocycles. The van der Waals surface area contributed by atoms with Gasteiger partial charge in [-0.3, -0.25) is 0 Å². The highest BCUT2D eigenvalue weighted by Crippen LogP contribution is 2.19. The predicted molar refractivity (Wildman–Crippen MR) is 82.0 cm³/mol. The average Bonchev–Trinajstić information content (AvgIpc) is 2.91. The first-order chi connectivity index (χ1) is 9.19. The number of methoxy groups -OCH3 is 1. The third-order valence-corrected chi connectivity index (χ3v) is 3.98. The summed E-state index contributed by atoms with van der Waals surface area (Å²) in [5.41, 5.74) is 2.67. The molecule has 3 heteroatoms. The lowest BCUT2D eigenvalue weighted by Crippen LogP contribution is -2.30. The molecule has 0 spiro atoms. The van der Waals surface area contributed by atoms with Crippen LogP contribution in [0.3, 0.4) is 0 Å². The van der Waals surface area contributed by atoms with Crippen molar-refractivity contribution in [2.75, 3.05) is 7.11 Å². The van der Waals surface area contributed by atoms with E-state index in [4.69, 9.17) is 4.74 Å². The molecule has 1 aromatic heterocycles. The average molecular weight is 275 g/mol. The molecular weight excluding hydrogens is 254 g/mol. The predicted octanol–water partition coefficient (Wildman–Crippen LogP) is 4.04. The first-order valence-electron chi connectivity index (χ1n) is 6.60. The first-order valence-corrected chi connectivity index (χ1v) is 7.54. The molecule has 1 aromatic carbocycles. The summed E-state index contributed by atoms with van der Waals surface area (Å²) in [4.78, 5) is 0. The number of thiophene rings is 1. The lowest BCUT2D eigenvalue weighted by atomic mass is 10.1. The molecule has 0 aliphatic heterocycles. The SMILES string of the molecule is COc1cccc(C(C)NC(C)Cc2ccsc2)c1. The fraction of sp³-hybridized carbons (Fsp3) is 0.375. The molecule has 2 atom stereocenters. The van der Waals surface area contributed by atoms with Gasteiger partial charge in [0.2, 0.25) is 0 Å². The zero-order valence-corrected chi connectivity index (χ0v) is 12.5. The zero-order valence-electron chi connectivity index (χ0n) is 11.7. The molecule has 0 fully saturated rings. The van der Waals surface area contributed by atoms with Crippen molar-refractivity contribution in [2.24, 2.45) is 0 Å². The van der Waals surface area contributed by atoms with Crippen molar-refractivity contribution in [3.8, 4) is 5.75 Å². The number of rotatable bonds is 6. The van der Waals surface area contributed by atoms with Gasteiger partial charge in [0, 0.05) is 12.1 Å². The standard InChI is InChI=1S/C16H21NOS/c1-12(9-14-7-8-19-11-14)17-13(2)15-5-4-6-16(10-15)18-3/h4-8,10-13,17H,9H2,1-3H3. The minimum Gasteiger partial charge on any atom is -0.497 e. The van der Waals surface area contributed by atoms with Gasteiger partial charge in [-0.05, 0) is 60.4 Å². The number of hydrogen-bond donors (Lipinski definition) is 1. The Labute approximate surface area is 119 Å². The number of benzene rings is 1. The summed E-state index contributed by atoms with van der Waals surface area (Å²) < 4.78 is 5.27. The summed E-state index contributed by atoms with van der Waals surface area (Å²) in [6, 6.07) is 11.2. The van der Waals surface area contributed by atoms with Crippen LogP contribution in [-0.2, 0) is 6.42 Å². The van der Waals surface area contributed by atoms with Gasteiger partial charge < -0.3 is 10.1 Å². The Morgan fingerprint density at radius 3 is 2.79 bits per heavy atom. The van der Waals surface area contributed by atoms with Gasteiger partial charge in [0.1, 0.15) is 5.75 Å². The number of ether oxygens (including phenoxy) is 1. The molecule has 0 amide bonds. The van der Waals surface area contributed by atoms with E-state index < -0.39 is 0 Å². The van der Waals surface area contributed by atoms with Crippen molar-refractivity contribution in [3.63, 3.8) is 0 Å². The quantitative estimate of drug-likeness (QED) is 0.859. The molecule has 102 valence electrons. The minimum atomic E-state index is 0.323. The third kappa shape index (κ3) is 4.08. The second kappa shape index (κ2) is 6.73. The molecule has 2 nitrogen and oxygen atoms in total. The normalized spacial score (nSPS) is 14.1. The number of hydrogen-bond acceptors (Lipinski definition) is 3. The molecule has 1 N–H and O–H groups in total. The van der Waals surface area contributed by atoms with Crippen LogP contribution in [0, 0.1) is 0 Å². The van der Waals surface area contributed by atoms with E-state index in [1.54, 1.807) is 18.4 Å². The van der Waals surface area contributed by atoms with Gasteiger partial charge in [-0.2, -0.15) is 11.3 Å². The van der Waals surface area contributed by atoms with Gasteiger partial charge >= 0.3 is 0 Å². The smallest absolute Gasteiger partial charge is 0.119 e. The molecule has 0 radical (unpaired) electrons. The monoisotopic (exact) mass is 275 g/mol. The van der Waals surface area contributed by atoms with Crippen LogP contribution in [0.2, 0.25) is 0 Å².